The van der Waals surface area contributed by atoms with Crippen LogP contribution in [0, 0.1) is 23.7 Å². The van der Waals surface area contributed by atoms with E-state index in [1.807, 2.05) is 13.3 Å². The average Bonchev–Trinajstić information content (AvgIpc) is 2.02. The molecule has 0 fully saturated rings. The molecule has 1 heteroatoms. The third-order valence-corrected chi connectivity index (χ3v) is 3.20. The predicted octanol–water partition coefficient (Wildman–Crippen LogP) is 3.41. The fourth-order valence-corrected chi connectivity index (χ4v) is 2.59. The lowest BCUT2D eigenvalue weighted by Crippen LogP contribution is -2.37. The van der Waals surface area contributed by atoms with Crippen LogP contribution in [0.25, 0.3) is 0 Å². The van der Waals surface area contributed by atoms with E-state index in [9.17, 15) is 4.79 Å². The van der Waals surface area contributed by atoms with E-state index in [1.165, 1.54) is 0 Å². The SMILES string of the molecule is C[CH]CC(=O)C1C(C)C=CCC1(C)C. The third-order valence-electron chi connectivity index (χ3n) is 3.20. The van der Waals surface area contributed by atoms with Crippen molar-refractivity contribution in [3.05, 3.63) is 18.6 Å². The van der Waals surface area contributed by atoms with Crippen molar-refractivity contribution in [3.63, 3.8) is 0 Å². The Morgan fingerprint density at radius 2 is 2.21 bits per heavy atom. The first kappa shape index (κ1) is 11.5. The van der Waals surface area contributed by atoms with Crippen molar-refractivity contribution >= 4 is 5.78 Å². The molecule has 79 valence electrons. The van der Waals surface area contributed by atoms with Gasteiger partial charge < -0.3 is 0 Å². The molecule has 0 N–H and O–H groups in total. The molecule has 2 unspecified atom stereocenters. The van der Waals surface area contributed by atoms with E-state index in [4.69, 9.17) is 0 Å². The lowest BCUT2D eigenvalue weighted by Gasteiger charge is -2.38. The summed E-state index contributed by atoms with van der Waals surface area (Å²) < 4.78 is 0. The van der Waals surface area contributed by atoms with E-state index in [0.717, 1.165) is 6.42 Å². The Morgan fingerprint density at radius 1 is 1.57 bits per heavy atom. The number of hydrogen-bond acceptors (Lipinski definition) is 1. The minimum atomic E-state index is 0.133. The van der Waals surface area contributed by atoms with Crippen molar-refractivity contribution in [1.29, 1.82) is 0 Å². The molecule has 0 aromatic carbocycles. The zero-order chi connectivity index (χ0) is 10.8. The van der Waals surface area contributed by atoms with Crippen LogP contribution in [0.5, 0.6) is 0 Å². The summed E-state index contributed by atoms with van der Waals surface area (Å²) in [6.45, 7) is 8.50. The molecule has 0 spiro atoms. The van der Waals surface area contributed by atoms with Crippen LogP contribution in [-0.4, -0.2) is 5.78 Å². The standard InChI is InChI=1S/C13H21O/c1-5-7-11(14)12-10(2)8-6-9-13(12,3)4/h5-6,8,10,12H,7,9H2,1-4H3. The van der Waals surface area contributed by atoms with Gasteiger partial charge in [0, 0.05) is 12.3 Å². The highest BCUT2D eigenvalue weighted by molar-refractivity contribution is 5.83. The molecule has 1 aliphatic carbocycles. The van der Waals surface area contributed by atoms with E-state index in [1.54, 1.807) is 0 Å². The van der Waals surface area contributed by atoms with Gasteiger partial charge in [0.2, 0.25) is 0 Å². The molecule has 2 atom stereocenters. The highest BCUT2D eigenvalue weighted by Crippen LogP contribution is 2.41. The summed E-state index contributed by atoms with van der Waals surface area (Å²) in [5, 5.41) is 0. The van der Waals surface area contributed by atoms with Crippen molar-refractivity contribution in [2.75, 3.05) is 0 Å². The molecule has 14 heavy (non-hydrogen) atoms. The van der Waals surface area contributed by atoms with Crippen LogP contribution in [0.2, 0.25) is 0 Å². The first-order chi connectivity index (χ1) is 6.49. The number of rotatable bonds is 3. The summed E-state index contributed by atoms with van der Waals surface area (Å²) in [5.41, 5.74) is 0.133. The first-order valence-electron chi connectivity index (χ1n) is 5.46. The van der Waals surface area contributed by atoms with Gasteiger partial charge in [-0.3, -0.25) is 4.79 Å². The van der Waals surface area contributed by atoms with Crippen molar-refractivity contribution in [1.82, 2.24) is 0 Å². The van der Waals surface area contributed by atoms with Gasteiger partial charge >= 0.3 is 0 Å². The second-order valence-corrected chi connectivity index (χ2v) is 5.04. The van der Waals surface area contributed by atoms with Crippen LogP contribution in [0.4, 0.5) is 0 Å². The largest absolute Gasteiger partial charge is 0.299 e. The number of carbonyl (C=O) groups is 1. The molecule has 0 heterocycles. The highest BCUT2D eigenvalue weighted by atomic mass is 16.1. The Morgan fingerprint density at radius 3 is 2.71 bits per heavy atom. The number of hydrogen-bond donors (Lipinski definition) is 0. The van der Waals surface area contributed by atoms with Crippen LogP contribution >= 0.6 is 0 Å². The monoisotopic (exact) mass is 193 g/mol. The van der Waals surface area contributed by atoms with Crippen LogP contribution in [0.1, 0.15) is 40.5 Å². The second-order valence-electron chi connectivity index (χ2n) is 5.04. The quantitative estimate of drug-likeness (QED) is 0.628. The molecule has 1 rings (SSSR count). The molecule has 0 aliphatic heterocycles. The van der Waals surface area contributed by atoms with E-state index < -0.39 is 0 Å². The molecule has 0 saturated carbocycles. The van der Waals surface area contributed by atoms with Crippen molar-refractivity contribution in [2.45, 2.75) is 40.5 Å². The van der Waals surface area contributed by atoms with Gasteiger partial charge in [-0.05, 0) is 24.2 Å². The van der Waals surface area contributed by atoms with Gasteiger partial charge in [-0.25, -0.2) is 0 Å². The number of carbonyl (C=O) groups excluding carboxylic acids is 1. The zero-order valence-electron chi connectivity index (χ0n) is 9.71. The van der Waals surface area contributed by atoms with Gasteiger partial charge in [0.15, 0.2) is 0 Å². The van der Waals surface area contributed by atoms with Crippen LogP contribution in [0.3, 0.4) is 0 Å². The molecule has 0 aromatic rings. The van der Waals surface area contributed by atoms with E-state index >= 15 is 0 Å². The maximum Gasteiger partial charge on any atom is 0.137 e. The van der Waals surface area contributed by atoms with Gasteiger partial charge in [-0.15, -0.1) is 0 Å². The Bertz CT molecular complexity index is 238. The molecular formula is C13H21O. The Balaban J connectivity index is 2.82. The van der Waals surface area contributed by atoms with Gasteiger partial charge in [-0.2, -0.15) is 0 Å². The Labute approximate surface area is 87.6 Å². The molecule has 0 saturated heterocycles. The summed E-state index contributed by atoms with van der Waals surface area (Å²) in [4.78, 5) is 12.0. The molecule has 1 radical (unpaired) electrons. The number of Topliss-reactive ketones (excluding diaryl/α,β-unsaturated/α-hetero) is 1. The zero-order valence-corrected chi connectivity index (χ0v) is 9.71. The fourth-order valence-electron chi connectivity index (χ4n) is 2.59. The third kappa shape index (κ3) is 2.26. The maximum absolute atomic E-state index is 12.0. The molecule has 0 amide bonds. The predicted molar refractivity (Wildman–Crippen MR) is 59.8 cm³/mol. The first-order valence-corrected chi connectivity index (χ1v) is 5.46. The smallest absolute Gasteiger partial charge is 0.137 e. The van der Waals surface area contributed by atoms with E-state index in [2.05, 4.69) is 32.9 Å². The topological polar surface area (TPSA) is 17.1 Å². The summed E-state index contributed by atoms with van der Waals surface area (Å²) in [6.07, 6.45) is 8.00. The minimum absolute atomic E-state index is 0.133. The molecular weight excluding hydrogens is 172 g/mol. The summed E-state index contributed by atoms with van der Waals surface area (Å²) >= 11 is 0. The average molecular weight is 193 g/mol. The van der Waals surface area contributed by atoms with Crippen LogP contribution in [0.15, 0.2) is 12.2 Å². The van der Waals surface area contributed by atoms with Crippen LogP contribution < -0.4 is 0 Å². The van der Waals surface area contributed by atoms with Gasteiger partial charge in [-0.1, -0.05) is 39.8 Å². The van der Waals surface area contributed by atoms with Crippen molar-refractivity contribution < 1.29 is 4.79 Å². The Hall–Kier alpha value is -0.590. The highest BCUT2D eigenvalue weighted by Gasteiger charge is 2.38. The number of ketones is 1. The summed E-state index contributed by atoms with van der Waals surface area (Å²) in [5.74, 6) is 0.990. The van der Waals surface area contributed by atoms with E-state index in [0.29, 0.717) is 18.1 Å². The summed E-state index contributed by atoms with van der Waals surface area (Å²) in [6, 6.07) is 0. The molecule has 0 aromatic heterocycles. The van der Waals surface area contributed by atoms with Crippen molar-refractivity contribution in [2.24, 2.45) is 17.3 Å². The second kappa shape index (κ2) is 4.29. The van der Waals surface area contributed by atoms with Gasteiger partial charge in [0.1, 0.15) is 5.78 Å². The number of allylic oxidation sites excluding steroid dienone is 2. The normalized spacial score (nSPS) is 30.3. The summed E-state index contributed by atoms with van der Waals surface area (Å²) in [7, 11) is 0. The maximum atomic E-state index is 12.0. The molecule has 1 nitrogen and oxygen atoms in total. The van der Waals surface area contributed by atoms with Gasteiger partial charge in [0.05, 0.1) is 0 Å². The lowest BCUT2D eigenvalue weighted by molar-refractivity contribution is -0.127. The fraction of sp³-hybridized carbons (Fsp3) is 0.692. The van der Waals surface area contributed by atoms with Crippen LogP contribution in [-0.2, 0) is 4.79 Å². The lowest BCUT2D eigenvalue weighted by atomic mass is 9.65. The minimum Gasteiger partial charge on any atom is -0.299 e. The van der Waals surface area contributed by atoms with Crippen molar-refractivity contribution in [3.8, 4) is 0 Å². The molecule has 1 aliphatic rings. The van der Waals surface area contributed by atoms with E-state index in [-0.39, 0.29) is 11.3 Å². The Kier molecular flexibility index (Phi) is 3.52. The molecule has 0 bridgehead atoms. The van der Waals surface area contributed by atoms with Gasteiger partial charge in [0.25, 0.3) is 0 Å².